The number of carbonyl (C=O) groups is 1. The lowest BCUT2D eigenvalue weighted by molar-refractivity contribution is -0.141. The number of hydrogen-bond acceptors (Lipinski definition) is 2. The van der Waals surface area contributed by atoms with Crippen molar-refractivity contribution in [3.63, 3.8) is 0 Å². The van der Waals surface area contributed by atoms with Crippen LogP contribution in [0.5, 0.6) is 0 Å². The Morgan fingerprint density at radius 1 is 1.19 bits per heavy atom. The van der Waals surface area contributed by atoms with Crippen molar-refractivity contribution < 1.29 is 4.79 Å². The first kappa shape index (κ1) is 16.0. The molecule has 1 aliphatic heterocycles. The van der Waals surface area contributed by atoms with Crippen LogP contribution in [0, 0.1) is 19.3 Å². The third kappa shape index (κ3) is 3.65. The molecule has 0 aliphatic carbocycles. The van der Waals surface area contributed by atoms with Crippen LogP contribution in [0.4, 0.5) is 0 Å². The quantitative estimate of drug-likeness (QED) is 0.863. The van der Waals surface area contributed by atoms with Gasteiger partial charge in [-0.25, -0.2) is 0 Å². The van der Waals surface area contributed by atoms with Crippen molar-refractivity contribution in [3.8, 4) is 0 Å². The summed E-state index contributed by atoms with van der Waals surface area (Å²) in [6.07, 6.45) is 0.955. The molecule has 116 valence electrons. The van der Waals surface area contributed by atoms with E-state index in [-0.39, 0.29) is 17.4 Å². The Bertz CT molecular complexity index is 531. The zero-order valence-electron chi connectivity index (χ0n) is 13.9. The highest BCUT2D eigenvalue weighted by Gasteiger charge is 2.34. The van der Waals surface area contributed by atoms with Crippen molar-refractivity contribution in [1.82, 2.24) is 4.90 Å². The zero-order chi connectivity index (χ0) is 15.8. The van der Waals surface area contributed by atoms with E-state index < -0.39 is 0 Å². The highest BCUT2D eigenvalue weighted by molar-refractivity contribution is 5.81. The van der Waals surface area contributed by atoms with E-state index in [4.69, 9.17) is 5.73 Å². The Balaban J connectivity index is 2.21. The molecule has 1 fully saturated rings. The summed E-state index contributed by atoms with van der Waals surface area (Å²) in [5.41, 5.74) is 9.78. The number of aryl methyl sites for hydroxylation is 2. The van der Waals surface area contributed by atoms with Gasteiger partial charge in [0.05, 0.1) is 0 Å². The molecule has 2 rings (SSSR count). The SMILES string of the molecule is Cc1ccc(C2CC(N)CN(C(=O)C(C)(C)C)C2)cc1C. The van der Waals surface area contributed by atoms with Gasteiger partial charge >= 0.3 is 0 Å². The summed E-state index contributed by atoms with van der Waals surface area (Å²) < 4.78 is 0. The summed E-state index contributed by atoms with van der Waals surface area (Å²) in [7, 11) is 0. The molecular weight excluding hydrogens is 260 g/mol. The molecule has 2 atom stereocenters. The average Bonchev–Trinajstić information content (AvgIpc) is 2.39. The van der Waals surface area contributed by atoms with Gasteiger partial charge in [-0.2, -0.15) is 0 Å². The van der Waals surface area contributed by atoms with Gasteiger partial charge in [0.1, 0.15) is 0 Å². The van der Waals surface area contributed by atoms with Crippen LogP contribution in [-0.2, 0) is 4.79 Å². The molecule has 1 amide bonds. The molecule has 0 spiro atoms. The number of carbonyl (C=O) groups excluding carboxylic acids is 1. The van der Waals surface area contributed by atoms with Gasteiger partial charge in [-0.05, 0) is 37.0 Å². The molecule has 2 unspecified atom stereocenters. The number of nitrogens with two attached hydrogens (primary N) is 1. The summed E-state index contributed by atoms with van der Waals surface area (Å²) in [6.45, 7) is 11.6. The van der Waals surface area contributed by atoms with Gasteiger partial charge in [-0.3, -0.25) is 4.79 Å². The molecule has 2 N–H and O–H groups in total. The number of hydrogen-bond donors (Lipinski definition) is 1. The van der Waals surface area contributed by atoms with E-state index in [0.717, 1.165) is 13.0 Å². The summed E-state index contributed by atoms with van der Waals surface area (Å²) in [5.74, 6) is 0.547. The second-order valence-corrected chi connectivity index (χ2v) is 7.50. The average molecular weight is 288 g/mol. The molecule has 1 aromatic rings. The lowest BCUT2D eigenvalue weighted by Gasteiger charge is -2.39. The monoisotopic (exact) mass is 288 g/mol. The lowest BCUT2D eigenvalue weighted by atomic mass is 9.85. The van der Waals surface area contributed by atoms with Crippen LogP contribution in [-0.4, -0.2) is 29.9 Å². The van der Waals surface area contributed by atoms with E-state index in [1.165, 1.54) is 16.7 Å². The van der Waals surface area contributed by atoms with E-state index in [0.29, 0.717) is 12.5 Å². The Kier molecular flexibility index (Phi) is 4.43. The van der Waals surface area contributed by atoms with Gasteiger partial charge in [-0.15, -0.1) is 0 Å². The van der Waals surface area contributed by atoms with Gasteiger partial charge < -0.3 is 10.6 Å². The topological polar surface area (TPSA) is 46.3 Å². The standard InChI is InChI=1S/C18H28N2O/c1-12-6-7-14(8-13(12)2)15-9-16(19)11-20(10-15)17(21)18(3,4)5/h6-8,15-16H,9-11,19H2,1-5H3. The number of likely N-dealkylation sites (tertiary alicyclic amines) is 1. The Labute approximate surface area is 128 Å². The molecule has 0 saturated carbocycles. The summed E-state index contributed by atoms with van der Waals surface area (Å²) >= 11 is 0. The lowest BCUT2D eigenvalue weighted by Crippen LogP contribution is -2.51. The molecule has 1 aliphatic rings. The number of rotatable bonds is 1. The number of benzene rings is 1. The van der Waals surface area contributed by atoms with Crippen LogP contribution in [0.25, 0.3) is 0 Å². The molecule has 1 heterocycles. The largest absolute Gasteiger partial charge is 0.340 e. The molecule has 1 saturated heterocycles. The first-order chi connectivity index (χ1) is 9.68. The van der Waals surface area contributed by atoms with E-state index in [9.17, 15) is 4.79 Å². The van der Waals surface area contributed by atoms with Crippen molar-refractivity contribution in [2.45, 2.75) is 53.0 Å². The molecule has 0 bridgehead atoms. The van der Waals surface area contributed by atoms with Crippen LogP contribution in [0.2, 0.25) is 0 Å². The van der Waals surface area contributed by atoms with Crippen molar-refractivity contribution in [2.24, 2.45) is 11.1 Å². The summed E-state index contributed by atoms with van der Waals surface area (Å²) in [5, 5.41) is 0. The molecule has 3 heteroatoms. The van der Waals surface area contributed by atoms with E-state index in [2.05, 4.69) is 32.0 Å². The van der Waals surface area contributed by atoms with Crippen molar-refractivity contribution >= 4 is 5.91 Å². The highest BCUT2D eigenvalue weighted by atomic mass is 16.2. The van der Waals surface area contributed by atoms with E-state index in [1.54, 1.807) is 0 Å². The maximum atomic E-state index is 12.5. The highest BCUT2D eigenvalue weighted by Crippen LogP contribution is 2.30. The van der Waals surface area contributed by atoms with Crippen molar-refractivity contribution in [3.05, 3.63) is 34.9 Å². The van der Waals surface area contributed by atoms with Gasteiger partial charge in [0.2, 0.25) is 5.91 Å². The molecule has 3 nitrogen and oxygen atoms in total. The summed E-state index contributed by atoms with van der Waals surface area (Å²) in [4.78, 5) is 14.5. The fraction of sp³-hybridized carbons (Fsp3) is 0.611. The van der Waals surface area contributed by atoms with Gasteiger partial charge in [0, 0.05) is 30.5 Å². The predicted octanol–water partition coefficient (Wildman–Crippen LogP) is 2.99. The second-order valence-electron chi connectivity index (χ2n) is 7.50. The Morgan fingerprint density at radius 2 is 1.86 bits per heavy atom. The van der Waals surface area contributed by atoms with E-state index in [1.807, 2.05) is 25.7 Å². The first-order valence-corrected chi connectivity index (χ1v) is 7.80. The number of amides is 1. The maximum absolute atomic E-state index is 12.5. The normalized spacial score (nSPS) is 23.2. The zero-order valence-corrected chi connectivity index (χ0v) is 13.9. The number of nitrogens with zero attached hydrogens (tertiary/aromatic N) is 1. The van der Waals surface area contributed by atoms with E-state index >= 15 is 0 Å². The molecule has 0 radical (unpaired) electrons. The van der Waals surface area contributed by atoms with Gasteiger partial charge in [-0.1, -0.05) is 39.0 Å². The second kappa shape index (κ2) is 5.80. The van der Waals surface area contributed by atoms with Gasteiger partial charge in [0.25, 0.3) is 0 Å². The molecule has 0 aromatic heterocycles. The predicted molar refractivity (Wildman–Crippen MR) is 87.3 cm³/mol. The first-order valence-electron chi connectivity index (χ1n) is 7.80. The fourth-order valence-corrected chi connectivity index (χ4v) is 3.04. The van der Waals surface area contributed by atoms with Crippen LogP contribution in [0.3, 0.4) is 0 Å². The van der Waals surface area contributed by atoms with Crippen molar-refractivity contribution in [1.29, 1.82) is 0 Å². The van der Waals surface area contributed by atoms with Crippen molar-refractivity contribution in [2.75, 3.05) is 13.1 Å². The van der Waals surface area contributed by atoms with Crippen LogP contribution >= 0.6 is 0 Å². The minimum absolute atomic E-state index is 0.0664. The van der Waals surface area contributed by atoms with Crippen LogP contribution in [0.15, 0.2) is 18.2 Å². The smallest absolute Gasteiger partial charge is 0.228 e. The third-order valence-electron chi connectivity index (χ3n) is 4.41. The Hall–Kier alpha value is -1.35. The minimum atomic E-state index is -0.342. The van der Waals surface area contributed by atoms with Gasteiger partial charge in [0.15, 0.2) is 0 Å². The fourth-order valence-electron chi connectivity index (χ4n) is 3.04. The van der Waals surface area contributed by atoms with Crippen LogP contribution in [0.1, 0.15) is 49.8 Å². The maximum Gasteiger partial charge on any atom is 0.228 e. The Morgan fingerprint density at radius 3 is 2.43 bits per heavy atom. The summed E-state index contributed by atoms with van der Waals surface area (Å²) in [6, 6.07) is 6.67. The molecule has 1 aromatic carbocycles. The number of piperidine rings is 1. The van der Waals surface area contributed by atoms with Crippen LogP contribution < -0.4 is 5.73 Å². The minimum Gasteiger partial charge on any atom is -0.340 e. The molecular formula is C18H28N2O. The third-order valence-corrected chi connectivity index (χ3v) is 4.41. The molecule has 21 heavy (non-hydrogen) atoms.